The van der Waals surface area contributed by atoms with Gasteiger partial charge in [-0.2, -0.15) is 0 Å². The Morgan fingerprint density at radius 1 is 1.37 bits per heavy atom. The van der Waals surface area contributed by atoms with Crippen LogP contribution in [0.5, 0.6) is 5.75 Å². The molecule has 0 spiro atoms. The minimum absolute atomic E-state index is 0.282. The van der Waals surface area contributed by atoms with Crippen LogP contribution < -0.4 is 15.7 Å². The van der Waals surface area contributed by atoms with Gasteiger partial charge in [-0.3, -0.25) is 9.78 Å². The van der Waals surface area contributed by atoms with E-state index >= 15 is 0 Å². The molecule has 27 heavy (non-hydrogen) atoms. The number of hydrogen-bond donors (Lipinski definition) is 1. The first-order valence-corrected chi connectivity index (χ1v) is 8.95. The van der Waals surface area contributed by atoms with Crippen LogP contribution in [0.1, 0.15) is 25.0 Å². The molecule has 2 aromatic heterocycles. The number of aryl methyl sites for hydroxylation is 1. The molecule has 0 bridgehead atoms. The molecule has 1 amide bonds. The maximum atomic E-state index is 12.3. The average molecular weight is 387 g/mol. The van der Waals surface area contributed by atoms with E-state index in [9.17, 15) is 9.59 Å². The van der Waals surface area contributed by atoms with Crippen molar-refractivity contribution in [2.24, 2.45) is 0 Å². The first-order chi connectivity index (χ1) is 13.0. The van der Waals surface area contributed by atoms with Gasteiger partial charge in [-0.05, 0) is 36.6 Å². The van der Waals surface area contributed by atoms with Crippen molar-refractivity contribution in [3.05, 3.63) is 69.3 Å². The highest BCUT2D eigenvalue weighted by Gasteiger charge is 2.17. The molecule has 0 radical (unpaired) electrons. The number of halogens is 1. The molecule has 3 rings (SSSR count). The quantitative estimate of drug-likeness (QED) is 0.656. The van der Waals surface area contributed by atoms with Crippen LogP contribution in [0, 0.1) is 0 Å². The summed E-state index contributed by atoms with van der Waals surface area (Å²) in [4.78, 5) is 28.0. The van der Waals surface area contributed by atoms with Gasteiger partial charge in [0, 0.05) is 36.5 Å². The zero-order valence-corrected chi connectivity index (χ0v) is 15.7. The zero-order valence-electron chi connectivity index (χ0n) is 15.0. The Kier molecular flexibility index (Phi) is 5.76. The fourth-order valence-corrected chi connectivity index (χ4v) is 2.90. The number of amides is 1. The van der Waals surface area contributed by atoms with Crippen molar-refractivity contribution in [3.63, 3.8) is 0 Å². The lowest BCUT2D eigenvalue weighted by Gasteiger charge is -2.16. The first-order valence-electron chi connectivity index (χ1n) is 8.57. The van der Waals surface area contributed by atoms with Gasteiger partial charge in [-0.15, -0.1) is 0 Å². The minimum Gasteiger partial charge on any atom is -0.479 e. The van der Waals surface area contributed by atoms with Gasteiger partial charge in [0.1, 0.15) is 11.3 Å². The van der Waals surface area contributed by atoms with Gasteiger partial charge in [0.2, 0.25) is 0 Å². The number of carbonyl (C=O) groups is 1. The van der Waals surface area contributed by atoms with Gasteiger partial charge in [0.25, 0.3) is 5.91 Å². The van der Waals surface area contributed by atoms with Crippen LogP contribution in [0.15, 0.2) is 51.9 Å². The lowest BCUT2D eigenvalue weighted by molar-refractivity contribution is -0.127. The molecule has 0 aliphatic carbocycles. The highest BCUT2D eigenvalue weighted by molar-refractivity contribution is 6.32. The maximum absolute atomic E-state index is 12.3. The van der Waals surface area contributed by atoms with Crippen LogP contribution in [0.2, 0.25) is 5.02 Å². The molecule has 3 aromatic rings. The molecule has 0 saturated carbocycles. The summed E-state index contributed by atoms with van der Waals surface area (Å²) in [5.74, 6) is -0.0108. The standard InChI is InChI=1S/C20H19ClN2O4/c1-3-14-7-19(24)27-17-9-18(16(21)8-15(14)17)26-12(2)20(25)23-11-13-5-4-6-22-10-13/h4-10,12H,3,11H2,1-2H3,(H,23,25)/t12-/m0/s1. The number of fused-ring (bicyclic) bond motifs is 1. The van der Waals surface area contributed by atoms with Crippen molar-refractivity contribution in [2.45, 2.75) is 32.9 Å². The summed E-state index contributed by atoms with van der Waals surface area (Å²) in [6.07, 6.45) is 3.24. The third-order valence-corrected chi connectivity index (χ3v) is 4.42. The summed E-state index contributed by atoms with van der Waals surface area (Å²) in [5, 5.41) is 3.88. The Hall–Kier alpha value is -2.86. The molecular formula is C20H19ClN2O4. The summed E-state index contributed by atoms with van der Waals surface area (Å²) >= 11 is 6.31. The van der Waals surface area contributed by atoms with E-state index in [1.807, 2.05) is 13.0 Å². The molecular weight excluding hydrogens is 368 g/mol. The normalized spacial score (nSPS) is 12.0. The Labute approximate surface area is 161 Å². The van der Waals surface area contributed by atoms with Crippen molar-refractivity contribution in [1.82, 2.24) is 10.3 Å². The molecule has 0 saturated heterocycles. The molecule has 6 nitrogen and oxygen atoms in total. The highest BCUT2D eigenvalue weighted by Crippen LogP contribution is 2.32. The topological polar surface area (TPSA) is 81.4 Å². The summed E-state index contributed by atoms with van der Waals surface area (Å²) in [6.45, 7) is 3.92. The van der Waals surface area contributed by atoms with Crippen LogP contribution in [0.4, 0.5) is 0 Å². The highest BCUT2D eigenvalue weighted by atomic mass is 35.5. The van der Waals surface area contributed by atoms with Crippen LogP contribution in [-0.4, -0.2) is 17.0 Å². The van der Waals surface area contributed by atoms with E-state index in [1.165, 1.54) is 6.07 Å². The fraction of sp³-hybridized carbons (Fsp3) is 0.250. The molecule has 0 fully saturated rings. The van der Waals surface area contributed by atoms with E-state index in [0.29, 0.717) is 23.6 Å². The maximum Gasteiger partial charge on any atom is 0.336 e. The molecule has 0 aliphatic rings. The third kappa shape index (κ3) is 4.46. The monoisotopic (exact) mass is 386 g/mol. The van der Waals surface area contributed by atoms with E-state index in [4.69, 9.17) is 20.8 Å². The van der Waals surface area contributed by atoms with E-state index in [0.717, 1.165) is 16.5 Å². The number of benzene rings is 1. The second-order valence-corrected chi connectivity index (χ2v) is 6.47. The Morgan fingerprint density at radius 3 is 2.89 bits per heavy atom. The zero-order chi connectivity index (χ0) is 19.4. The molecule has 140 valence electrons. The summed E-state index contributed by atoms with van der Waals surface area (Å²) in [6, 6.07) is 8.35. The van der Waals surface area contributed by atoms with Crippen molar-refractivity contribution >= 4 is 28.5 Å². The predicted molar refractivity (Wildman–Crippen MR) is 103 cm³/mol. The number of pyridine rings is 1. The lowest BCUT2D eigenvalue weighted by atomic mass is 10.1. The Balaban J connectivity index is 1.76. The van der Waals surface area contributed by atoms with Crippen molar-refractivity contribution in [1.29, 1.82) is 0 Å². The fourth-order valence-electron chi connectivity index (χ4n) is 2.69. The largest absolute Gasteiger partial charge is 0.479 e. The Morgan fingerprint density at radius 2 is 2.19 bits per heavy atom. The second kappa shape index (κ2) is 8.22. The van der Waals surface area contributed by atoms with Gasteiger partial charge in [-0.25, -0.2) is 4.79 Å². The summed E-state index contributed by atoms with van der Waals surface area (Å²) in [7, 11) is 0. The van der Waals surface area contributed by atoms with E-state index in [1.54, 1.807) is 37.5 Å². The first kappa shape index (κ1) is 18.9. The number of carbonyl (C=O) groups excluding carboxylic acids is 1. The minimum atomic E-state index is -0.780. The van der Waals surface area contributed by atoms with Crippen molar-refractivity contribution in [2.75, 3.05) is 0 Å². The molecule has 1 N–H and O–H groups in total. The van der Waals surface area contributed by atoms with Gasteiger partial charge in [0.15, 0.2) is 6.10 Å². The second-order valence-electron chi connectivity index (χ2n) is 6.06. The number of rotatable bonds is 6. The number of aromatic nitrogens is 1. The third-order valence-electron chi connectivity index (χ3n) is 4.13. The van der Waals surface area contributed by atoms with Gasteiger partial charge >= 0.3 is 5.63 Å². The number of nitrogens with zero attached hydrogens (tertiary/aromatic N) is 1. The van der Waals surface area contributed by atoms with Crippen molar-refractivity contribution in [3.8, 4) is 5.75 Å². The van der Waals surface area contributed by atoms with Crippen LogP contribution in [-0.2, 0) is 17.8 Å². The van der Waals surface area contributed by atoms with Crippen molar-refractivity contribution < 1.29 is 13.9 Å². The van der Waals surface area contributed by atoms with Gasteiger partial charge in [0.05, 0.1) is 5.02 Å². The summed E-state index contributed by atoms with van der Waals surface area (Å²) < 4.78 is 10.9. The van der Waals surface area contributed by atoms with Gasteiger partial charge < -0.3 is 14.5 Å². The molecule has 0 aliphatic heterocycles. The number of ether oxygens (including phenoxy) is 1. The Bertz CT molecular complexity index is 1020. The van der Waals surface area contributed by atoms with E-state index < -0.39 is 11.7 Å². The predicted octanol–water partition coefficient (Wildman–Crippen LogP) is 3.49. The molecule has 7 heteroatoms. The molecule has 1 aromatic carbocycles. The summed E-state index contributed by atoms with van der Waals surface area (Å²) in [5.41, 5.74) is 1.67. The van der Waals surface area contributed by atoms with Crippen LogP contribution in [0.25, 0.3) is 11.0 Å². The van der Waals surface area contributed by atoms with E-state index in [-0.39, 0.29) is 11.7 Å². The van der Waals surface area contributed by atoms with Crippen LogP contribution in [0.3, 0.4) is 0 Å². The average Bonchev–Trinajstić information content (AvgIpc) is 2.67. The van der Waals surface area contributed by atoms with Crippen LogP contribution >= 0.6 is 11.6 Å². The molecule has 2 heterocycles. The molecule has 0 unspecified atom stereocenters. The van der Waals surface area contributed by atoms with Gasteiger partial charge in [-0.1, -0.05) is 24.6 Å². The van der Waals surface area contributed by atoms with E-state index in [2.05, 4.69) is 10.3 Å². The lowest BCUT2D eigenvalue weighted by Crippen LogP contribution is -2.36. The molecule has 1 atom stereocenters. The number of nitrogens with one attached hydrogen (secondary N) is 1. The SMILES string of the molecule is CCc1cc(=O)oc2cc(O[C@@H](C)C(=O)NCc3cccnc3)c(Cl)cc12. The number of hydrogen-bond acceptors (Lipinski definition) is 5. The smallest absolute Gasteiger partial charge is 0.336 e.